The van der Waals surface area contributed by atoms with E-state index in [-0.39, 0.29) is 0 Å². The van der Waals surface area contributed by atoms with Gasteiger partial charge in [-0.25, -0.2) is 4.98 Å². The number of rotatable bonds is 2. The van der Waals surface area contributed by atoms with Gasteiger partial charge in [-0.05, 0) is 36.4 Å². The summed E-state index contributed by atoms with van der Waals surface area (Å²) >= 11 is 13.6. The summed E-state index contributed by atoms with van der Waals surface area (Å²) in [5.41, 5.74) is 0.909. The molecule has 0 bridgehead atoms. The van der Waals surface area contributed by atoms with Crippen LogP contribution in [0, 0.1) is 0 Å². The zero-order valence-corrected chi connectivity index (χ0v) is 12.1. The number of aromatic nitrogens is 1. The topological polar surface area (TPSA) is 12.9 Å². The van der Waals surface area contributed by atoms with Crippen molar-refractivity contribution in [3.05, 3.63) is 64.8 Å². The highest BCUT2D eigenvalue weighted by Gasteiger charge is 2.06. The van der Waals surface area contributed by atoms with Gasteiger partial charge in [0.05, 0.1) is 5.52 Å². The summed E-state index contributed by atoms with van der Waals surface area (Å²) in [5.74, 6) is 0. The van der Waals surface area contributed by atoms with Gasteiger partial charge in [0.15, 0.2) is 0 Å². The molecular weight excluding hydrogens is 297 g/mol. The van der Waals surface area contributed by atoms with Crippen molar-refractivity contribution in [1.29, 1.82) is 0 Å². The Hall–Kier alpha value is -1.22. The van der Waals surface area contributed by atoms with Crippen LogP contribution >= 0.6 is 35.0 Å². The molecule has 4 heteroatoms. The minimum absolute atomic E-state index is 0.509. The molecule has 1 aromatic heterocycles. The van der Waals surface area contributed by atoms with E-state index in [0.717, 1.165) is 25.7 Å². The van der Waals surface area contributed by atoms with Crippen molar-refractivity contribution in [2.24, 2.45) is 0 Å². The van der Waals surface area contributed by atoms with Crippen LogP contribution in [0.2, 0.25) is 10.2 Å². The Balaban J connectivity index is 2.07. The van der Waals surface area contributed by atoms with E-state index in [4.69, 9.17) is 23.2 Å². The van der Waals surface area contributed by atoms with E-state index in [1.165, 1.54) is 0 Å². The Morgan fingerprint density at radius 3 is 2.42 bits per heavy atom. The average Bonchev–Trinajstić information content (AvgIpc) is 2.41. The first-order chi connectivity index (χ1) is 9.22. The first kappa shape index (κ1) is 12.8. The van der Waals surface area contributed by atoms with Crippen molar-refractivity contribution in [3.63, 3.8) is 0 Å². The van der Waals surface area contributed by atoms with Gasteiger partial charge >= 0.3 is 0 Å². The summed E-state index contributed by atoms with van der Waals surface area (Å²) in [6, 6.07) is 17.6. The Labute approximate surface area is 125 Å². The third-order valence-corrected chi connectivity index (χ3v) is 4.20. The summed E-state index contributed by atoms with van der Waals surface area (Å²) in [6.45, 7) is 0. The molecule has 0 saturated heterocycles. The van der Waals surface area contributed by atoms with E-state index in [1.54, 1.807) is 11.8 Å². The van der Waals surface area contributed by atoms with E-state index in [2.05, 4.69) is 11.1 Å². The number of fused-ring (bicyclic) bond motifs is 1. The van der Waals surface area contributed by atoms with Crippen molar-refractivity contribution in [1.82, 2.24) is 4.98 Å². The first-order valence-corrected chi connectivity index (χ1v) is 7.28. The molecule has 0 aliphatic carbocycles. The Kier molecular flexibility index (Phi) is 3.65. The number of halogens is 2. The van der Waals surface area contributed by atoms with Crippen LogP contribution in [0.25, 0.3) is 10.9 Å². The Morgan fingerprint density at radius 2 is 1.63 bits per heavy atom. The molecule has 1 heterocycles. The van der Waals surface area contributed by atoms with Crippen LogP contribution in [0.1, 0.15) is 0 Å². The predicted molar refractivity (Wildman–Crippen MR) is 82.3 cm³/mol. The highest BCUT2D eigenvalue weighted by atomic mass is 35.5. The minimum atomic E-state index is 0.509. The molecule has 0 aliphatic rings. The summed E-state index contributed by atoms with van der Waals surface area (Å²) < 4.78 is 0. The zero-order valence-electron chi connectivity index (χ0n) is 9.81. The Bertz CT molecular complexity index is 726. The van der Waals surface area contributed by atoms with Gasteiger partial charge in [-0.1, -0.05) is 53.2 Å². The largest absolute Gasteiger partial charge is 0.236 e. The molecule has 0 amide bonds. The monoisotopic (exact) mass is 305 g/mol. The van der Waals surface area contributed by atoms with Crippen molar-refractivity contribution in [2.75, 3.05) is 0 Å². The van der Waals surface area contributed by atoms with E-state index in [9.17, 15) is 0 Å². The lowest BCUT2D eigenvalue weighted by Crippen LogP contribution is -1.83. The number of benzene rings is 2. The lowest BCUT2D eigenvalue weighted by Gasteiger charge is -2.06. The molecule has 94 valence electrons. The molecule has 3 rings (SSSR count). The number of hydrogen-bond acceptors (Lipinski definition) is 2. The SMILES string of the molecule is Clc1ccc(Sc2cc(Cl)nc3ccccc23)cc1. The fourth-order valence-electron chi connectivity index (χ4n) is 1.83. The van der Waals surface area contributed by atoms with Crippen molar-refractivity contribution in [3.8, 4) is 0 Å². The molecule has 1 nitrogen and oxygen atoms in total. The van der Waals surface area contributed by atoms with Crippen LogP contribution in [0.4, 0.5) is 0 Å². The second-order valence-electron chi connectivity index (χ2n) is 4.02. The van der Waals surface area contributed by atoms with Gasteiger partial charge in [-0.3, -0.25) is 0 Å². The number of hydrogen-bond donors (Lipinski definition) is 0. The maximum Gasteiger partial charge on any atom is 0.130 e. The fraction of sp³-hybridized carbons (Fsp3) is 0. The maximum absolute atomic E-state index is 6.07. The highest BCUT2D eigenvalue weighted by Crippen LogP contribution is 2.34. The molecule has 0 unspecified atom stereocenters. The molecule has 0 radical (unpaired) electrons. The summed E-state index contributed by atoms with van der Waals surface area (Å²) in [5, 5.41) is 2.35. The first-order valence-electron chi connectivity index (χ1n) is 5.71. The Morgan fingerprint density at radius 1 is 0.895 bits per heavy atom. The van der Waals surface area contributed by atoms with Gasteiger partial charge in [-0.2, -0.15) is 0 Å². The third kappa shape index (κ3) is 2.86. The molecule has 2 aromatic carbocycles. The minimum Gasteiger partial charge on any atom is -0.236 e. The summed E-state index contributed by atoms with van der Waals surface area (Å²) in [4.78, 5) is 6.54. The lowest BCUT2D eigenvalue weighted by atomic mass is 10.2. The zero-order chi connectivity index (χ0) is 13.2. The van der Waals surface area contributed by atoms with Crippen molar-refractivity contribution in [2.45, 2.75) is 9.79 Å². The predicted octanol–water partition coefficient (Wildman–Crippen LogP) is 5.69. The second kappa shape index (κ2) is 5.41. The van der Waals surface area contributed by atoms with Crippen molar-refractivity contribution < 1.29 is 0 Å². The molecule has 0 aliphatic heterocycles. The summed E-state index contributed by atoms with van der Waals surface area (Å²) in [6.07, 6.45) is 0. The lowest BCUT2D eigenvalue weighted by molar-refractivity contribution is 1.34. The molecule has 0 N–H and O–H groups in total. The van der Waals surface area contributed by atoms with Crippen LogP contribution < -0.4 is 0 Å². The molecule has 0 atom stereocenters. The van der Waals surface area contributed by atoms with Gasteiger partial charge in [-0.15, -0.1) is 0 Å². The standard InChI is InChI=1S/C15H9Cl2NS/c16-10-5-7-11(8-6-10)19-14-9-15(17)18-13-4-2-1-3-12(13)14/h1-9H. The van der Waals surface area contributed by atoms with Gasteiger partial charge < -0.3 is 0 Å². The molecule has 0 spiro atoms. The molecular formula is C15H9Cl2NS. The number of para-hydroxylation sites is 1. The molecule has 3 aromatic rings. The third-order valence-electron chi connectivity index (χ3n) is 2.69. The van der Waals surface area contributed by atoms with Crippen LogP contribution in [0.5, 0.6) is 0 Å². The maximum atomic E-state index is 6.07. The molecule has 0 saturated carbocycles. The second-order valence-corrected chi connectivity index (χ2v) is 5.96. The van der Waals surface area contributed by atoms with E-state index in [0.29, 0.717) is 5.15 Å². The average molecular weight is 306 g/mol. The normalized spacial score (nSPS) is 10.8. The summed E-state index contributed by atoms with van der Waals surface area (Å²) in [7, 11) is 0. The van der Waals surface area contributed by atoms with Crippen LogP contribution in [0.3, 0.4) is 0 Å². The number of pyridine rings is 1. The fourth-order valence-corrected chi connectivity index (χ4v) is 3.20. The van der Waals surface area contributed by atoms with Crippen LogP contribution in [0.15, 0.2) is 64.4 Å². The van der Waals surface area contributed by atoms with E-state index in [1.807, 2.05) is 48.5 Å². The van der Waals surface area contributed by atoms with Gasteiger partial charge in [0.1, 0.15) is 5.15 Å². The van der Waals surface area contributed by atoms with E-state index >= 15 is 0 Å². The van der Waals surface area contributed by atoms with Gasteiger partial charge in [0.25, 0.3) is 0 Å². The molecule has 0 fully saturated rings. The van der Waals surface area contributed by atoms with Gasteiger partial charge in [0.2, 0.25) is 0 Å². The van der Waals surface area contributed by atoms with Crippen molar-refractivity contribution >= 4 is 45.9 Å². The highest BCUT2D eigenvalue weighted by molar-refractivity contribution is 7.99. The van der Waals surface area contributed by atoms with Crippen LogP contribution in [-0.2, 0) is 0 Å². The quantitative estimate of drug-likeness (QED) is 0.564. The molecule has 19 heavy (non-hydrogen) atoms. The van der Waals surface area contributed by atoms with E-state index < -0.39 is 0 Å². The van der Waals surface area contributed by atoms with Crippen LogP contribution in [-0.4, -0.2) is 4.98 Å². The number of nitrogens with zero attached hydrogens (tertiary/aromatic N) is 1. The van der Waals surface area contributed by atoms with Gasteiger partial charge in [0, 0.05) is 20.2 Å². The smallest absolute Gasteiger partial charge is 0.130 e.